The maximum absolute atomic E-state index is 14.3. The minimum absolute atomic E-state index is 0.00264. The Kier molecular flexibility index (Phi) is 8.79. The molecule has 1 aliphatic rings. The smallest absolute Gasteiger partial charge is 0.270 e. The number of fused-ring (bicyclic) bond motifs is 2. The number of benzene rings is 3. The van der Waals surface area contributed by atoms with Crippen LogP contribution in [0.15, 0.2) is 89.3 Å². The van der Waals surface area contributed by atoms with Crippen LogP contribution < -0.4 is 5.32 Å². The van der Waals surface area contributed by atoms with Crippen LogP contribution in [0.2, 0.25) is 0 Å². The normalized spacial score (nSPS) is 15.7. The summed E-state index contributed by atoms with van der Waals surface area (Å²) in [6.45, 7) is 6.19. The lowest BCUT2D eigenvalue weighted by molar-refractivity contribution is 0.0945. The Labute approximate surface area is 265 Å². The van der Waals surface area contributed by atoms with Crippen LogP contribution in [-0.4, -0.2) is 36.2 Å². The molecule has 45 heavy (non-hydrogen) atoms. The number of nitrogens with zero attached hydrogens (tertiary/aromatic N) is 2. The van der Waals surface area contributed by atoms with Crippen LogP contribution in [0.25, 0.3) is 33.6 Å². The zero-order chi connectivity index (χ0) is 31.7. The van der Waals surface area contributed by atoms with Crippen molar-refractivity contribution in [1.82, 2.24) is 14.6 Å². The Bertz CT molecular complexity index is 1820. The third-order valence-corrected chi connectivity index (χ3v) is 9.86. The monoisotopic (exact) mass is 625 g/mol. The van der Waals surface area contributed by atoms with Gasteiger partial charge >= 0.3 is 0 Å². The summed E-state index contributed by atoms with van der Waals surface area (Å²) in [5, 5.41) is 13.6. The molecule has 9 heteroatoms. The third-order valence-electron chi connectivity index (χ3n) is 8.00. The van der Waals surface area contributed by atoms with E-state index < -0.39 is 27.8 Å². The maximum Gasteiger partial charge on any atom is 0.270 e. The van der Waals surface area contributed by atoms with Crippen LogP contribution in [0.1, 0.15) is 66.8 Å². The van der Waals surface area contributed by atoms with Gasteiger partial charge in [-0.05, 0) is 69.5 Å². The summed E-state index contributed by atoms with van der Waals surface area (Å²) in [5.41, 5.74) is 5.35. The summed E-state index contributed by atoms with van der Waals surface area (Å²) in [5.74, 6) is -0.117. The maximum atomic E-state index is 14.3. The van der Waals surface area contributed by atoms with E-state index in [2.05, 4.69) is 5.32 Å². The molecule has 0 unspecified atom stereocenters. The van der Waals surface area contributed by atoms with Crippen LogP contribution in [-0.2, 0) is 24.5 Å². The van der Waals surface area contributed by atoms with Crippen molar-refractivity contribution in [3.05, 3.63) is 113 Å². The molecular formula is C36H36FN3O4S. The van der Waals surface area contributed by atoms with Gasteiger partial charge in [0.05, 0.1) is 18.3 Å². The van der Waals surface area contributed by atoms with Crippen LogP contribution >= 0.6 is 0 Å². The van der Waals surface area contributed by atoms with Gasteiger partial charge in [-0.2, -0.15) is 0 Å². The van der Waals surface area contributed by atoms with E-state index in [0.29, 0.717) is 36.4 Å². The molecule has 0 fully saturated rings. The molecule has 2 N–H and O–H groups in total. The van der Waals surface area contributed by atoms with Crippen molar-refractivity contribution in [2.24, 2.45) is 0 Å². The van der Waals surface area contributed by atoms with Gasteiger partial charge in [-0.3, -0.25) is 4.79 Å². The first-order valence-electron chi connectivity index (χ1n) is 15.1. The van der Waals surface area contributed by atoms with Gasteiger partial charge in [0.1, 0.15) is 27.6 Å². The molecule has 0 saturated carbocycles. The van der Waals surface area contributed by atoms with Gasteiger partial charge in [0, 0.05) is 52.2 Å². The largest absolute Gasteiger partial charge is 0.597 e. The Morgan fingerprint density at radius 1 is 1.07 bits per heavy atom. The average molecular weight is 626 g/mol. The SMILES string of the molecule is CC(C)(C)[S@@+]([O-])N1Cc2cc(C(=O)NCc3ccccc3F)nc(-c3cccc(-c4cc5ccccc5o4)c3)c2[C@H]1CCCO. The van der Waals surface area contributed by atoms with E-state index in [4.69, 9.17) is 9.40 Å². The highest BCUT2D eigenvalue weighted by molar-refractivity contribution is 7.90. The number of aromatic nitrogens is 1. The van der Waals surface area contributed by atoms with Crippen molar-refractivity contribution in [2.45, 2.75) is 57.5 Å². The number of carbonyl (C=O) groups is 1. The summed E-state index contributed by atoms with van der Waals surface area (Å²) < 4.78 is 35.7. The number of carbonyl (C=O) groups excluding carboxylic acids is 1. The predicted octanol–water partition coefficient (Wildman–Crippen LogP) is 7.32. The number of para-hydroxylation sites is 1. The molecule has 2 atom stereocenters. The van der Waals surface area contributed by atoms with Gasteiger partial charge in [-0.1, -0.05) is 54.6 Å². The van der Waals surface area contributed by atoms with Crippen molar-refractivity contribution in [1.29, 1.82) is 0 Å². The number of hydrogen-bond donors (Lipinski definition) is 2. The van der Waals surface area contributed by atoms with E-state index in [1.165, 1.54) is 6.07 Å². The summed E-state index contributed by atoms with van der Waals surface area (Å²) in [6, 6.07) is 25.5. The number of furan rings is 1. The van der Waals surface area contributed by atoms with Crippen molar-refractivity contribution < 1.29 is 23.3 Å². The highest BCUT2D eigenvalue weighted by atomic mass is 32.2. The molecule has 1 aliphatic heterocycles. The number of hydrogen-bond acceptors (Lipinski definition) is 6. The summed E-state index contributed by atoms with van der Waals surface area (Å²) in [4.78, 5) is 18.4. The third kappa shape index (κ3) is 6.39. The number of halogens is 1. The summed E-state index contributed by atoms with van der Waals surface area (Å²) in [7, 11) is 0. The minimum Gasteiger partial charge on any atom is -0.597 e. The van der Waals surface area contributed by atoms with Gasteiger partial charge in [0.15, 0.2) is 0 Å². The fraction of sp³-hybridized carbons (Fsp3) is 0.278. The molecule has 3 aromatic carbocycles. The second-order valence-electron chi connectivity index (χ2n) is 12.3. The molecule has 0 spiro atoms. The fourth-order valence-electron chi connectivity index (χ4n) is 5.82. The molecular weight excluding hydrogens is 589 g/mol. The number of aliphatic hydroxyl groups excluding tert-OH is 1. The molecule has 3 heterocycles. The van der Waals surface area contributed by atoms with Gasteiger partial charge in [0.2, 0.25) is 0 Å². The highest BCUT2D eigenvalue weighted by Crippen LogP contribution is 2.46. The molecule has 1 amide bonds. The lowest BCUT2D eigenvalue weighted by atomic mass is 9.94. The summed E-state index contributed by atoms with van der Waals surface area (Å²) in [6.07, 6.45) is 1.09. The zero-order valence-corrected chi connectivity index (χ0v) is 26.4. The van der Waals surface area contributed by atoms with Gasteiger partial charge in [0.25, 0.3) is 5.91 Å². The standard InChI is InChI=1S/C36H36FN3O4S/c1-36(2,3)45(43)40-22-27-19-29(35(42)38-21-26-11-4-6-14-28(26)37)39-34(33(27)30(40)15-9-17-41)25-13-8-12-23(18-25)32-20-24-10-5-7-16-31(24)44-32/h4-8,10-14,16,18-20,30,41H,9,15,17,21-22H2,1-3H3,(H,38,42)/t30-,45-/m1/s1. The first-order chi connectivity index (χ1) is 21.6. The molecule has 7 nitrogen and oxygen atoms in total. The van der Waals surface area contributed by atoms with E-state index >= 15 is 0 Å². The van der Waals surface area contributed by atoms with Crippen molar-refractivity contribution in [3.63, 3.8) is 0 Å². The number of rotatable bonds is 9. The predicted molar refractivity (Wildman–Crippen MR) is 175 cm³/mol. The number of pyridine rings is 1. The topological polar surface area (TPSA) is 102 Å². The zero-order valence-electron chi connectivity index (χ0n) is 25.5. The quantitative estimate of drug-likeness (QED) is 0.167. The Balaban J connectivity index is 1.45. The van der Waals surface area contributed by atoms with Crippen LogP contribution in [0.3, 0.4) is 0 Å². The van der Waals surface area contributed by atoms with Crippen molar-refractivity contribution in [2.75, 3.05) is 6.61 Å². The molecule has 5 aromatic rings. The summed E-state index contributed by atoms with van der Waals surface area (Å²) >= 11 is -1.36. The van der Waals surface area contributed by atoms with E-state index in [9.17, 15) is 18.8 Å². The molecule has 0 bridgehead atoms. The lowest BCUT2D eigenvalue weighted by Crippen LogP contribution is -2.42. The molecule has 2 aromatic heterocycles. The van der Waals surface area contributed by atoms with E-state index in [-0.39, 0.29) is 24.9 Å². The van der Waals surface area contributed by atoms with Crippen LogP contribution in [0.4, 0.5) is 4.39 Å². The Morgan fingerprint density at radius 2 is 1.82 bits per heavy atom. The second-order valence-corrected chi connectivity index (χ2v) is 14.4. The fourth-order valence-corrected chi connectivity index (χ4v) is 7.22. The number of nitrogens with one attached hydrogen (secondary N) is 1. The molecule has 0 aliphatic carbocycles. The van der Waals surface area contributed by atoms with Gasteiger partial charge in [-0.15, -0.1) is 4.31 Å². The van der Waals surface area contributed by atoms with Crippen molar-refractivity contribution >= 4 is 28.2 Å². The first-order valence-corrected chi connectivity index (χ1v) is 16.2. The minimum atomic E-state index is -1.36. The molecule has 232 valence electrons. The lowest BCUT2D eigenvalue weighted by Gasteiger charge is -2.34. The molecule has 0 radical (unpaired) electrons. The number of aliphatic hydroxyl groups is 1. The first kappa shape index (κ1) is 31.0. The Hall–Kier alpha value is -4.02. The van der Waals surface area contributed by atoms with Gasteiger partial charge in [-0.25, -0.2) is 9.37 Å². The second kappa shape index (κ2) is 12.8. The van der Waals surface area contributed by atoms with Gasteiger partial charge < -0.3 is 19.4 Å². The van der Waals surface area contributed by atoms with E-state index in [1.807, 2.05) is 79.7 Å². The van der Waals surface area contributed by atoms with E-state index in [0.717, 1.165) is 33.2 Å². The molecule has 6 rings (SSSR count). The molecule has 0 saturated heterocycles. The number of amides is 1. The van der Waals surface area contributed by atoms with Crippen LogP contribution in [0.5, 0.6) is 0 Å². The highest BCUT2D eigenvalue weighted by Gasteiger charge is 2.45. The van der Waals surface area contributed by atoms with Crippen molar-refractivity contribution in [3.8, 4) is 22.6 Å². The van der Waals surface area contributed by atoms with E-state index in [1.54, 1.807) is 24.3 Å². The van der Waals surface area contributed by atoms with Crippen LogP contribution in [0, 0.1) is 5.82 Å². The average Bonchev–Trinajstić information content (AvgIpc) is 3.64. The Morgan fingerprint density at radius 3 is 2.58 bits per heavy atom.